The Kier molecular flexibility index (Phi) is 3.44. The largest absolute Gasteiger partial charge is 0.508 e. The number of anilines is 1. The van der Waals surface area contributed by atoms with Gasteiger partial charge in [-0.1, -0.05) is 0 Å². The number of hydrogen-bond donors (Lipinski definition) is 2. The number of nitrogens with zero attached hydrogens (tertiary/aromatic N) is 1. The first-order valence-corrected chi connectivity index (χ1v) is 5.40. The van der Waals surface area contributed by atoms with Gasteiger partial charge in [0.15, 0.2) is 0 Å². The first-order valence-electron chi connectivity index (χ1n) is 5.40. The number of amides is 1. The monoisotopic (exact) mass is 256 g/mol. The molecule has 0 heterocycles. The van der Waals surface area contributed by atoms with Crippen LogP contribution in [0.4, 0.5) is 10.1 Å². The van der Waals surface area contributed by atoms with Crippen molar-refractivity contribution in [2.24, 2.45) is 0 Å². The molecule has 0 aliphatic heterocycles. The molecular formula is C14H9FN2O2. The molecule has 5 heteroatoms. The molecule has 0 saturated heterocycles. The maximum Gasteiger partial charge on any atom is 0.258 e. The Morgan fingerprint density at radius 2 is 1.89 bits per heavy atom. The summed E-state index contributed by atoms with van der Waals surface area (Å²) in [5.74, 6) is -1.29. The van der Waals surface area contributed by atoms with Gasteiger partial charge in [-0.05, 0) is 42.5 Å². The van der Waals surface area contributed by atoms with Gasteiger partial charge < -0.3 is 10.4 Å². The van der Waals surface area contributed by atoms with Crippen LogP contribution >= 0.6 is 0 Å². The van der Waals surface area contributed by atoms with E-state index in [4.69, 9.17) is 10.4 Å². The van der Waals surface area contributed by atoms with Crippen LogP contribution in [0.1, 0.15) is 15.9 Å². The van der Waals surface area contributed by atoms with Crippen molar-refractivity contribution in [3.8, 4) is 11.8 Å². The lowest BCUT2D eigenvalue weighted by Crippen LogP contribution is -2.13. The van der Waals surface area contributed by atoms with Gasteiger partial charge in [-0.2, -0.15) is 5.26 Å². The van der Waals surface area contributed by atoms with Crippen LogP contribution in [0.2, 0.25) is 0 Å². The van der Waals surface area contributed by atoms with Gasteiger partial charge in [0.2, 0.25) is 0 Å². The zero-order valence-electron chi connectivity index (χ0n) is 9.72. The second-order valence-electron chi connectivity index (χ2n) is 3.81. The fraction of sp³-hybridized carbons (Fsp3) is 0. The Labute approximate surface area is 108 Å². The molecule has 2 aromatic carbocycles. The average molecular weight is 256 g/mol. The summed E-state index contributed by atoms with van der Waals surface area (Å²) < 4.78 is 13.5. The zero-order valence-corrected chi connectivity index (χ0v) is 9.72. The van der Waals surface area contributed by atoms with Crippen molar-refractivity contribution in [3.63, 3.8) is 0 Å². The SMILES string of the molecule is N#Cc1ccc(F)c(C(=O)Nc2ccc(O)cc2)c1. The smallest absolute Gasteiger partial charge is 0.258 e. The number of halogens is 1. The minimum atomic E-state index is -0.699. The maximum atomic E-state index is 13.5. The minimum Gasteiger partial charge on any atom is -0.508 e. The second-order valence-corrected chi connectivity index (χ2v) is 3.81. The van der Waals surface area contributed by atoms with Gasteiger partial charge in [0.25, 0.3) is 5.91 Å². The molecule has 0 aromatic heterocycles. The molecule has 0 saturated carbocycles. The summed E-state index contributed by atoms with van der Waals surface area (Å²) in [5.41, 5.74) is 0.425. The Hall–Kier alpha value is -2.87. The number of hydrogen-bond acceptors (Lipinski definition) is 3. The van der Waals surface area contributed by atoms with Gasteiger partial charge in [0.1, 0.15) is 11.6 Å². The van der Waals surface area contributed by atoms with E-state index in [1.807, 2.05) is 6.07 Å². The van der Waals surface area contributed by atoms with E-state index in [2.05, 4.69) is 5.32 Å². The summed E-state index contributed by atoms with van der Waals surface area (Å²) in [6.07, 6.45) is 0. The van der Waals surface area contributed by atoms with E-state index in [1.165, 1.54) is 36.4 Å². The second kappa shape index (κ2) is 5.19. The lowest BCUT2D eigenvalue weighted by atomic mass is 10.1. The first kappa shape index (κ1) is 12.6. The molecule has 0 atom stereocenters. The van der Waals surface area contributed by atoms with Crippen LogP contribution in [0.25, 0.3) is 0 Å². The summed E-state index contributed by atoms with van der Waals surface area (Å²) >= 11 is 0. The van der Waals surface area contributed by atoms with E-state index in [1.54, 1.807) is 0 Å². The summed E-state index contributed by atoms with van der Waals surface area (Å²) in [6.45, 7) is 0. The van der Waals surface area contributed by atoms with Crippen molar-refractivity contribution in [2.45, 2.75) is 0 Å². The van der Waals surface area contributed by atoms with Crippen LogP contribution in [0.3, 0.4) is 0 Å². The Bertz CT molecular complexity index is 660. The highest BCUT2D eigenvalue weighted by molar-refractivity contribution is 6.04. The molecule has 0 spiro atoms. The zero-order chi connectivity index (χ0) is 13.8. The van der Waals surface area contributed by atoms with E-state index >= 15 is 0 Å². The highest BCUT2D eigenvalue weighted by Gasteiger charge is 2.12. The summed E-state index contributed by atoms with van der Waals surface area (Å²) in [5, 5.41) is 20.3. The van der Waals surface area contributed by atoms with Crippen LogP contribution in [0, 0.1) is 17.1 Å². The van der Waals surface area contributed by atoms with E-state index in [-0.39, 0.29) is 16.9 Å². The van der Waals surface area contributed by atoms with Crippen LogP contribution in [0.5, 0.6) is 5.75 Å². The lowest BCUT2D eigenvalue weighted by Gasteiger charge is -2.06. The Balaban J connectivity index is 2.25. The number of carbonyl (C=O) groups excluding carboxylic acids is 1. The van der Waals surface area contributed by atoms with Crippen molar-refractivity contribution in [2.75, 3.05) is 5.32 Å². The average Bonchev–Trinajstić information content (AvgIpc) is 2.42. The van der Waals surface area contributed by atoms with Crippen molar-refractivity contribution >= 4 is 11.6 Å². The van der Waals surface area contributed by atoms with Gasteiger partial charge in [0.05, 0.1) is 17.2 Å². The van der Waals surface area contributed by atoms with Gasteiger partial charge >= 0.3 is 0 Å². The molecule has 4 nitrogen and oxygen atoms in total. The molecule has 0 aliphatic carbocycles. The van der Waals surface area contributed by atoms with Gasteiger partial charge in [-0.25, -0.2) is 4.39 Å². The highest BCUT2D eigenvalue weighted by Crippen LogP contribution is 2.16. The first-order chi connectivity index (χ1) is 9.10. The van der Waals surface area contributed by atoms with E-state index in [0.29, 0.717) is 5.69 Å². The molecule has 2 N–H and O–H groups in total. The number of phenols is 1. The molecule has 1 amide bonds. The van der Waals surface area contributed by atoms with Crippen molar-refractivity contribution in [3.05, 3.63) is 59.4 Å². The van der Waals surface area contributed by atoms with Crippen molar-refractivity contribution in [1.82, 2.24) is 0 Å². The highest BCUT2D eigenvalue weighted by atomic mass is 19.1. The number of nitriles is 1. The van der Waals surface area contributed by atoms with Crippen molar-refractivity contribution < 1.29 is 14.3 Å². The molecule has 0 fully saturated rings. The number of rotatable bonds is 2. The van der Waals surface area contributed by atoms with E-state index < -0.39 is 11.7 Å². The predicted molar refractivity (Wildman–Crippen MR) is 67.2 cm³/mol. The van der Waals surface area contributed by atoms with Crippen LogP contribution < -0.4 is 5.32 Å². The van der Waals surface area contributed by atoms with Crippen LogP contribution in [0.15, 0.2) is 42.5 Å². The molecule has 94 valence electrons. The molecule has 0 radical (unpaired) electrons. The van der Waals surface area contributed by atoms with Gasteiger partial charge in [0, 0.05) is 5.69 Å². The Morgan fingerprint density at radius 3 is 2.53 bits per heavy atom. The lowest BCUT2D eigenvalue weighted by molar-refractivity contribution is 0.102. The summed E-state index contributed by atoms with van der Waals surface area (Å²) in [7, 11) is 0. The fourth-order valence-corrected chi connectivity index (χ4v) is 1.51. The number of phenolic OH excluding ortho intramolecular Hbond substituents is 1. The van der Waals surface area contributed by atoms with Crippen molar-refractivity contribution in [1.29, 1.82) is 5.26 Å². The number of aromatic hydroxyl groups is 1. The molecule has 2 aromatic rings. The quantitative estimate of drug-likeness (QED) is 0.811. The van der Waals surface area contributed by atoms with Gasteiger partial charge in [-0.3, -0.25) is 4.79 Å². The van der Waals surface area contributed by atoms with E-state index in [9.17, 15) is 9.18 Å². The molecule has 0 aliphatic rings. The third-order valence-electron chi connectivity index (χ3n) is 2.47. The maximum absolute atomic E-state index is 13.5. The number of carbonyl (C=O) groups is 1. The third-order valence-corrected chi connectivity index (χ3v) is 2.47. The number of nitrogens with one attached hydrogen (secondary N) is 1. The number of benzene rings is 2. The molecule has 19 heavy (non-hydrogen) atoms. The molecule has 0 bridgehead atoms. The standard InChI is InChI=1S/C14H9FN2O2/c15-13-6-1-9(8-16)7-12(13)14(19)17-10-2-4-11(18)5-3-10/h1-7,18H,(H,17,19). The minimum absolute atomic E-state index is 0.0654. The van der Waals surface area contributed by atoms with Crippen LogP contribution in [-0.4, -0.2) is 11.0 Å². The fourth-order valence-electron chi connectivity index (χ4n) is 1.51. The summed E-state index contributed by atoms with van der Waals surface area (Å²) in [4.78, 5) is 11.9. The molecule has 2 rings (SSSR count). The Morgan fingerprint density at radius 1 is 1.21 bits per heavy atom. The van der Waals surface area contributed by atoms with Gasteiger partial charge in [-0.15, -0.1) is 0 Å². The normalized spacial score (nSPS) is 9.68. The van der Waals surface area contributed by atoms with E-state index in [0.717, 1.165) is 6.07 Å². The topological polar surface area (TPSA) is 73.1 Å². The third kappa shape index (κ3) is 2.87. The predicted octanol–water partition coefficient (Wildman–Crippen LogP) is 2.66. The summed E-state index contributed by atoms with van der Waals surface area (Å²) in [6, 6.07) is 11.2. The molecule has 0 unspecified atom stereocenters. The van der Waals surface area contributed by atoms with Crippen LogP contribution in [-0.2, 0) is 0 Å². The molecular weight excluding hydrogens is 247 g/mol.